The molecular weight excluding hydrogens is 316 g/mol. The molecule has 2 aliphatic rings. The van der Waals surface area contributed by atoms with Crippen LogP contribution in [0, 0.1) is 6.92 Å². The maximum absolute atomic E-state index is 12.2. The van der Waals surface area contributed by atoms with E-state index in [9.17, 15) is 19.5 Å². The smallest absolute Gasteiger partial charge is 0.330 e. The first-order valence-corrected chi connectivity index (χ1v) is 8.11. The average Bonchev–Trinajstić information content (AvgIpc) is 3.20. The highest BCUT2D eigenvalue weighted by Crippen LogP contribution is 2.27. The molecule has 24 heavy (non-hydrogen) atoms. The molecule has 2 aliphatic heterocycles. The Labute approximate surface area is 138 Å². The van der Waals surface area contributed by atoms with E-state index in [1.165, 1.54) is 10.8 Å². The second-order valence-electron chi connectivity index (χ2n) is 6.29. The van der Waals surface area contributed by atoms with Gasteiger partial charge in [-0.1, -0.05) is 0 Å². The molecule has 9 heteroatoms. The predicted octanol–water partition coefficient (Wildman–Crippen LogP) is -1.64. The summed E-state index contributed by atoms with van der Waals surface area (Å²) in [5.74, 6) is -0.120. The highest BCUT2D eigenvalue weighted by Gasteiger charge is 2.38. The normalized spacial score (nSPS) is 29.8. The van der Waals surface area contributed by atoms with Crippen LogP contribution in [0.2, 0.25) is 0 Å². The van der Waals surface area contributed by atoms with Crippen molar-refractivity contribution in [2.45, 2.75) is 50.6 Å². The lowest BCUT2D eigenvalue weighted by Gasteiger charge is -2.19. The number of aliphatic hydroxyl groups is 1. The minimum Gasteiger partial charge on any atom is -0.394 e. The Kier molecular flexibility index (Phi) is 4.83. The van der Waals surface area contributed by atoms with Crippen LogP contribution in [-0.4, -0.2) is 51.9 Å². The third kappa shape index (κ3) is 3.28. The molecule has 0 spiro atoms. The molecule has 2 fully saturated rings. The quantitative estimate of drug-likeness (QED) is 0.522. The Bertz CT molecular complexity index is 721. The maximum Gasteiger partial charge on any atom is 0.330 e. The van der Waals surface area contributed by atoms with Gasteiger partial charge in [-0.05, 0) is 26.3 Å². The van der Waals surface area contributed by atoms with Crippen molar-refractivity contribution in [2.75, 3.05) is 13.2 Å². The van der Waals surface area contributed by atoms with Gasteiger partial charge in [0, 0.05) is 18.2 Å². The fraction of sp³-hybridized carbons (Fsp3) is 0.667. The Morgan fingerprint density at radius 3 is 2.96 bits per heavy atom. The van der Waals surface area contributed by atoms with Crippen LogP contribution in [0.1, 0.15) is 31.1 Å². The summed E-state index contributed by atoms with van der Waals surface area (Å²) in [5, 5.41) is 15.5. The summed E-state index contributed by atoms with van der Waals surface area (Å²) in [6.45, 7) is 2.15. The molecule has 4 atom stereocenters. The zero-order chi connectivity index (χ0) is 17.3. The number of amides is 1. The number of aliphatic hydroxyl groups excluding tert-OH is 1. The molecule has 3 rings (SSSR count). The maximum atomic E-state index is 12.2. The summed E-state index contributed by atoms with van der Waals surface area (Å²) in [5.41, 5.74) is -0.622. The molecule has 0 saturated carbocycles. The number of aryl methyl sites for hydroxylation is 1. The number of ether oxygens (including phenoxy) is 1. The van der Waals surface area contributed by atoms with E-state index in [4.69, 9.17) is 4.74 Å². The van der Waals surface area contributed by atoms with Crippen LogP contribution in [0.15, 0.2) is 15.8 Å². The fourth-order valence-electron chi connectivity index (χ4n) is 3.21. The van der Waals surface area contributed by atoms with Gasteiger partial charge in [0.2, 0.25) is 5.91 Å². The van der Waals surface area contributed by atoms with E-state index in [1.807, 2.05) is 0 Å². The minimum absolute atomic E-state index is 0.120. The molecule has 0 aromatic carbocycles. The van der Waals surface area contributed by atoms with Gasteiger partial charge in [-0.25, -0.2) is 4.79 Å². The molecule has 0 radical (unpaired) electrons. The summed E-state index contributed by atoms with van der Waals surface area (Å²) in [7, 11) is 0. The van der Waals surface area contributed by atoms with Gasteiger partial charge in [0.25, 0.3) is 5.56 Å². The van der Waals surface area contributed by atoms with Gasteiger partial charge in [0.05, 0.1) is 18.7 Å². The number of rotatable bonds is 4. The molecule has 0 bridgehead atoms. The standard InChI is InChI=1S/C15H22N4O5/c1-8-6-19(15(23)18-13(8)21)12-5-10(11(7-20)24-12)17-14(22)9-3-2-4-16-9/h6,9-12,16,20H,2-5,7H2,1H3,(H,17,22)(H,18,21,23)/t9-,10-,11+,12+/m0/s1. The highest BCUT2D eigenvalue weighted by atomic mass is 16.5. The van der Waals surface area contributed by atoms with Crippen molar-refractivity contribution in [2.24, 2.45) is 0 Å². The monoisotopic (exact) mass is 338 g/mol. The fourth-order valence-corrected chi connectivity index (χ4v) is 3.21. The number of H-pyrrole nitrogens is 1. The Hall–Kier alpha value is -1.97. The van der Waals surface area contributed by atoms with Crippen LogP contribution in [0.3, 0.4) is 0 Å². The second-order valence-corrected chi connectivity index (χ2v) is 6.29. The molecule has 1 amide bonds. The Morgan fingerprint density at radius 1 is 1.50 bits per heavy atom. The van der Waals surface area contributed by atoms with Crippen LogP contribution in [0.4, 0.5) is 0 Å². The molecule has 2 saturated heterocycles. The number of hydrogen-bond donors (Lipinski definition) is 4. The first kappa shape index (κ1) is 16.9. The second kappa shape index (κ2) is 6.88. The van der Waals surface area contributed by atoms with E-state index in [0.717, 1.165) is 19.4 Å². The molecule has 132 valence electrons. The van der Waals surface area contributed by atoms with E-state index in [0.29, 0.717) is 12.0 Å². The number of hydrogen-bond acceptors (Lipinski definition) is 6. The van der Waals surface area contributed by atoms with Crippen molar-refractivity contribution in [1.29, 1.82) is 0 Å². The topological polar surface area (TPSA) is 125 Å². The SMILES string of the molecule is Cc1cn([C@H]2C[C@H](NC(=O)[C@@H]3CCCN3)[C@@H](CO)O2)c(=O)[nH]c1=O. The highest BCUT2D eigenvalue weighted by molar-refractivity contribution is 5.82. The first-order chi connectivity index (χ1) is 11.5. The van der Waals surface area contributed by atoms with Crippen LogP contribution < -0.4 is 21.9 Å². The van der Waals surface area contributed by atoms with Gasteiger partial charge in [-0.2, -0.15) is 0 Å². The lowest BCUT2D eigenvalue weighted by molar-refractivity contribution is -0.124. The molecule has 1 aromatic heterocycles. The third-order valence-corrected chi connectivity index (χ3v) is 4.58. The molecule has 3 heterocycles. The number of carbonyl (C=O) groups is 1. The average molecular weight is 338 g/mol. The van der Waals surface area contributed by atoms with Gasteiger partial charge in [0.15, 0.2) is 0 Å². The van der Waals surface area contributed by atoms with Crippen molar-refractivity contribution < 1.29 is 14.6 Å². The van der Waals surface area contributed by atoms with Crippen molar-refractivity contribution >= 4 is 5.91 Å². The minimum atomic E-state index is -0.646. The zero-order valence-electron chi connectivity index (χ0n) is 13.4. The largest absolute Gasteiger partial charge is 0.394 e. The van der Waals surface area contributed by atoms with E-state index >= 15 is 0 Å². The molecular formula is C15H22N4O5. The Morgan fingerprint density at radius 2 is 2.29 bits per heavy atom. The molecule has 4 N–H and O–H groups in total. The van der Waals surface area contributed by atoms with Crippen LogP contribution in [-0.2, 0) is 9.53 Å². The molecule has 0 aliphatic carbocycles. The Balaban J connectivity index is 1.74. The van der Waals surface area contributed by atoms with E-state index < -0.39 is 29.6 Å². The number of aromatic amines is 1. The summed E-state index contributed by atoms with van der Waals surface area (Å²) in [4.78, 5) is 37.9. The predicted molar refractivity (Wildman–Crippen MR) is 84.6 cm³/mol. The van der Waals surface area contributed by atoms with E-state index in [-0.39, 0.29) is 18.6 Å². The van der Waals surface area contributed by atoms with Gasteiger partial charge in [0.1, 0.15) is 12.3 Å². The lowest BCUT2D eigenvalue weighted by atomic mass is 10.1. The van der Waals surface area contributed by atoms with Crippen LogP contribution in [0.5, 0.6) is 0 Å². The van der Waals surface area contributed by atoms with Crippen molar-refractivity contribution in [1.82, 2.24) is 20.2 Å². The zero-order valence-corrected chi connectivity index (χ0v) is 13.4. The van der Waals surface area contributed by atoms with Crippen molar-refractivity contribution in [3.63, 3.8) is 0 Å². The van der Waals surface area contributed by atoms with Gasteiger partial charge >= 0.3 is 5.69 Å². The molecule has 9 nitrogen and oxygen atoms in total. The van der Waals surface area contributed by atoms with Crippen LogP contribution in [0.25, 0.3) is 0 Å². The van der Waals surface area contributed by atoms with E-state index in [1.54, 1.807) is 6.92 Å². The van der Waals surface area contributed by atoms with Crippen LogP contribution >= 0.6 is 0 Å². The van der Waals surface area contributed by atoms with Crippen molar-refractivity contribution in [3.05, 3.63) is 32.6 Å². The molecule has 1 aromatic rings. The number of nitrogens with zero attached hydrogens (tertiary/aromatic N) is 1. The number of aromatic nitrogens is 2. The number of carbonyl (C=O) groups excluding carboxylic acids is 1. The molecule has 0 unspecified atom stereocenters. The number of nitrogens with one attached hydrogen (secondary N) is 3. The van der Waals surface area contributed by atoms with Crippen molar-refractivity contribution in [3.8, 4) is 0 Å². The lowest BCUT2D eigenvalue weighted by Crippen LogP contribution is -2.48. The van der Waals surface area contributed by atoms with Gasteiger partial charge < -0.3 is 20.5 Å². The third-order valence-electron chi connectivity index (χ3n) is 4.58. The van der Waals surface area contributed by atoms with Gasteiger partial charge in [-0.3, -0.25) is 19.1 Å². The summed E-state index contributed by atoms with van der Waals surface area (Å²) in [6.07, 6.45) is 2.27. The van der Waals surface area contributed by atoms with E-state index in [2.05, 4.69) is 15.6 Å². The summed E-state index contributed by atoms with van der Waals surface area (Å²) >= 11 is 0. The van der Waals surface area contributed by atoms with Gasteiger partial charge in [-0.15, -0.1) is 0 Å². The summed E-state index contributed by atoms with van der Waals surface area (Å²) in [6, 6.07) is -0.615. The first-order valence-electron chi connectivity index (χ1n) is 8.11. The summed E-state index contributed by atoms with van der Waals surface area (Å²) < 4.78 is 7.00.